The zero-order valence-electron chi connectivity index (χ0n) is 18.5. The number of alkyl halides is 5. The average molecular weight is 494 g/mol. The number of nitrogens with one attached hydrogen (secondary N) is 1. The highest BCUT2D eigenvalue weighted by molar-refractivity contribution is 7.86. The first-order chi connectivity index (χ1) is 14.6. The van der Waals surface area contributed by atoms with Gasteiger partial charge >= 0.3 is 17.4 Å². The number of rotatable bonds is 7. The molecule has 4 rings (SSSR count). The summed E-state index contributed by atoms with van der Waals surface area (Å²) in [5.74, 6) is -1.08. The molecule has 4 aliphatic carbocycles. The Bertz CT molecular complexity index is 726. The maximum Gasteiger partial charge on any atom is 0.432 e. The molecule has 0 aromatic heterocycles. The number of carbonyl (C=O) groups excluding carboxylic acids is 1. The highest BCUT2D eigenvalue weighted by atomic mass is 32.2. The van der Waals surface area contributed by atoms with Crippen LogP contribution in [-0.2, 0) is 19.6 Å². The van der Waals surface area contributed by atoms with E-state index >= 15 is 0 Å². The third kappa shape index (κ3) is 5.72. The summed E-state index contributed by atoms with van der Waals surface area (Å²) >= 11 is 0. The van der Waals surface area contributed by atoms with Gasteiger partial charge in [0.25, 0.3) is 6.10 Å². The van der Waals surface area contributed by atoms with Crippen LogP contribution in [0.3, 0.4) is 0 Å². The molecule has 1 N–H and O–H groups in total. The van der Waals surface area contributed by atoms with Gasteiger partial charge in [0.2, 0.25) is 0 Å². The number of hydrogen-bond acceptors (Lipinski definition) is 5. The molecule has 32 heavy (non-hydrogen) atoms. The third-order valence-electron chi connectivity index (χ3n) is 7.13. The second kappa shape index (κ2) is 9.69. The minimum absolute atomic E-state index is 0.131. The molecule has 0 radical (unpaired) electrons. The van der Waals surface area contributed by atoms with Gasteiger partial charge in [0.05, 0.1) is 25.0 Å². The fourth-order valence-corrected chi connectivity index (χ4v) is 6.24. The number of esters is 1. The Hall–Kier alpha value is -1.01. The highest BCUT2D eigenvalue weighted by Gasteiger charge is 2.65. The van der Waals surface area contributed by atoms with E-state index in [0.29, 0.717) is 0 Å². The Kier molecular flexibility index (Phi) is 8.25. The highest BCUT2D eigenvalue weighted by Crippen LogP contribution is 2.60. The van der Waals surface area contributed by atoms with Crippen LogP contribution in [0, 0.1) is 23.2 Å². The molecule has 6 nitrogen and oxygen atoms in total. The lowest BCUT2D eigenvalue weighted by Gasteiger charge is -2.55. The first-order valence-corrected chi connectivity index (χ1v) is 12.4. The second-order valence-electron chi connectivity index (χ2n) is 9.35. The summed E-state index contributed by atoms with van der Waals surface area (Å²) in [5, 5.41) is -5.79. The zero-order valence-corrected chi connectivity index (χ0v) is 19.3. The van der Waals surface area contributed by atoms with Gasteiger partial charge in [-0.2, -0.15) is 22.0 Å². The fourth-order valence-electron chi connectivity index (χ4n) is 5.80. The predicted molar refractivity (Wildman–Crippen MR) is 104 cm³/mol. The first-order valence-electron chi connectivity index (χ1n) is 11.0. The molecule has 0 saturated heterocycles. The predicted octanol–water partition coefficient (Wildman–Crippen LogP) is 2.75. The molecule has 0 heterocycles. The second-order valence-corrected chi connectivity index (χ2v) is 10.8. The summed E-state index contributed by atoms with van der Waals surface area (Å²) in [4.78, 5) is 14.1. The van der Waals surface area contributed by atoms with Crippen molar-refractivity contribution in [2.45, 2.75) is 76.8 Å². The molecule has 4 bridgehead atoms. The summed E-state index contributed by atoms with van der Waals surface area (Å²) in [6, 6.07) is 0. The quantitative estimate of drug-likeness (QED) is 0.335. The molecular formula is C20H32F5NO5S. The number of quaternary nitrogens is 1. The maximum absolute atomic E-state index is 13.5. The van der Waals surface area contributed by atoms with Crippen molar-refractivity contribution in [3.05, 3.63) is 0 Å². The minimum Gasteiger partial charge on any atom is -0.743 e. The number of hydrogen-bond donors (Lipinski definition) is 1. The zero-order chi connectivity index (χ0) is 24.5. The largest absolute Gasteiger partial charge is 0.743 e. The lowest BCUT2D eigenvalue weighted by Crippen LogP contribution is -3.11. The van der Waals surface area contributed by atoms with E-state index in [1.165, 1.54) is 19.6 Å². The van der Waals surface area contributed by atoms with Crippen LogP contribution in [0.4, 0.5) is 22.0 Å². The lowest BCUT2D eigenvalue weighted by molar-refractivity contribution is -0.894. The summed E-state index contributed by atoms with van der Waals surface area (Å²) in [5.41, 5.74) is -1.29. The lowest BCUT2D eigenvalue weighted by atomic mass is 9.49. The van der Waals surface area contributed by atoms with Crippen molar-refractivity contribution in [1.82, 2.24) is 0 Å². The van der Waals surface area contributed by atoms with Gasteiger partial charge in [-0.1, -0.05) is 0 Å². The topological polar surface area (TPSA) is 87.9 Å². The van der Waals surface area contributed by atoms with E-state index in [4.69, 9.17) is 0 Å². The molecule has 4 aliphatic rings. The Morgan fingerprint density at radius 2 is 1.34 bits per heavy atom. The number of halogens is 5. The van der Waals surface area contributed by atoms with Crippen LogP contribution in [0.2, 0.25) is 0 Å². The molecule has 0 amide bonds. The Morgan fingerprint density at radius 1 is 0.969 bits per heavy atom. The molecule has 4 fully saturated rings. The van der Waals surface area contributed by atoms with Crippen molar-refractivity contribution in [1.29, 1.82) is 0 Å². The average Bonchev–Trinajstić information content (AvgIpc) is 2.64. The normalized spacial score (nSPS) is 30.6. The SMILES string of the molecule is CC[NH+](CC)CC.O=C(OC(C(F)(F)F)C(F)(F)S(=O)(=O)[O-])C12CC3CC(CC(C3)C1)C2. The van der Waals surface area contributed by atoms with Gasteiger partial charge in [-0.05, 0) is 77.0 Å². The van der Waals surface area contributed by atoms with Crippen molar-refractivity contribution in [3.8, 4) is 0 Å². The van der Waals surface area contributed by atoms with Gasteiger partial charge in [0.15, 0.2) is 10.1 Å². The van der Waals surface area contributed by atoms with Crippen molar-refractivity contribution in [2.24, 2.45) is 23.2 Å². The van der Waals surface area contributed by atoms with E-state index in [1.54, 1.807) is 4.90 Å². The van der Waals surface area contributed by atoms with Gasteiger partial charge in [-0.3, -0.25) is 4.79 Å². The summed E-state index contributed by atoms with van der Waals surface area (Å²) in [6.07, 6.45) is -6.91. The van der Waals surface area contributed by atoms with Crippen LogP contribution in [0.1, 0.15) is 59.3 Å². The van der Waals surface area contributed by atoms with E-state index in [1.807, 2.05) is 0 Å². The molecule has 0 spiro atoms. The monoisotopic (exact) mass is 493 g/mol. The van der Waals surface area contributed by atoms with Gasteiger partial charge in [-0.15, -0.1) is 0 Å². The molecule has 4 saturated carbocycles. The van der Waals surface area contributed by atoms with E-state index in [0.717, 1.165) is 19.3 Å². The van der Waals surface area contributed by atoms with Crippen LogP contribution in [-0.4, -0.2) is 56.1 Å². The third-order valence-corrected chi connectivity index (χ3v) is 8.01. The van der Waals surface area contributed by atoms with Gasteiger partial charge in [0.1, 0.15) is 0 Å². The van der Waals surface area contributed by atoms with Crippen molar-refractivity contribution >= 4 is 16.1 Å². The van der Waals surface area contributed by atoms with Gasteiger partial charge in [0, 0.05) is 0 Å². The first kappa shape index (κ1) is 27.2. The van der Waals surface area contributed by atoms with E-state index < -0.39 is 39.0 Å². The molecule has 0 aromatic carbocycles. The summed E-state index contributed by atoms with van der Waals surface area (Å²) < 4.78 is 102. The van der Waals surface area contributed by atoms with Gasteiger partial charge < -0.3 is 14.2 Å². The molecular weight excluding hydrogens is 461 g/mol. The standard InChI is InChI=1S/C14H17F5O5S.C6H15N/c15-13(16,17)10(14(18,19)25(21,22)23)24-11(20)12-4-7-1-8(5-12)3-9(2-7)6-12;1-4-7(5-2)6-3/h7-10H,1-6H2,(H,21,22,23);4-6H2,1-3H3. The Labute approximate surface area is 185 Å². The van der Waals surface area contributed by atoms with Crippen molar-refractivity contribution < 1.29 is 49.4 Å². The van der Waals surface area contributed by atoms with Crippen LogP contribution in [0.5, 0.6) is 0 Å². The molecule has 188 valence electrons. The fraction of sp³-hybridized carbons (Fsp3) is 0.950. The van der Waals surface area contributed by atoms with Crippen LogP contribution < -0.4 is 4.90 Å². The van der Waals surface area contributed by atoms with E-state index in [-0.39, 0.29) is 37.0 Å². The summed E-state index contributed by atoms with van der Waals surface area (Å²) in [7, 11) is -6.67. The molecule has 0 aliphatic heterocycles. The van der Waals surface area contributed by atoms with E-state index in [9.17, 15) is 39.7 Å². The smallest absolute Gasteiger partial charge is 0.432 e. The van der Waals surface area contributed by atoms with Crippen LogP contribution in [0.15, 0.2) is 0 Å². The maximum atomic E-state index is 13.5. The minimum atomic E-state index is -6.67. The van der Waals surface area contributed by atoms with Crippen LogP contribution in [0.25, 0.3) is 0 Å². The molecule has 1 unspecified atom stereocenters. The van der Waals surface area contributed by atoms with Crippen molar-refractivity contribution in [3.63, 3.8) is 0 Å². The van der Waals surface area contributed by atoms with Gasteiger partial charge in [-0.25, -0.2) is 8.42 Å². The number of ether oxygens (including phenoxy) is 1. The Morgan fingerprint density at radius 3 is 1.59 bits per heavy atom. The van der Waals surface area contributed by atoms with Crippen molar-refractivity contribution in [2.75, 3.05) is 19.6 Å². The molecule has 12 heteroatoms. The van der Waals surface area contributed by atoms with Crippen LogP contribution >= 0.6 is 0 Å². The van der Waals surface area contributed by atoms with E-state index in [2.05, 4.69) is 25.5 Å². The Balaban J connectivity index is 0.000000451. The molecule has 0 aromatic rings. The molecule has 1 atom stereocenters. The number of carbonyl (C=O) groups is 1. The summed E-state index contributed by atoms with van der Waals surface area (Å²) in [6.45, 7) is 10.5.